The number of esters is 1. The zero-order valence-electron chi connectivity index (χ0n) is 12.9. The maximum atomic E-state index is 12.3. The minimum atomic E-state index is -5.27. The molecule has 0 amide bonds. The van der Waals surface area contributed by atoms with Gasteiger partial charge in [-0.25, -0.2) is 8.42 Å². The first kappa shape index (κ1) is 19.2. The highest BCUT2D eigenvalue weighted by atomic mass is 32.2. The van der Waals surface area contributed by atoms with Gasteiger partial charge in [0.2, 0.25) is 0 Å². The van der Waals surface area contributed by atoms with Crippen LogP contribution in [0.3, 0.4) is 0 Å². The molecule has 1 rings (SSSR count). The molecule has 0 aromatic carbocycles. The van der Waals surface area contributed by atoms with Crippen molar-refractivity contribution in [3.05, 3.63) is 0 Å². The fourth-order valence-electron chi connectivity index (χ4n) is 2.38. The van der Waals surface area contributed by atoms with Gasteiger partial charge in [0.05, 0.1) is 12.5 Å². The summed E-state index contributed by atoms with van der Waals surface area (Å²) >= 11 is 0. The predicted molar refractivity (Wildman–Crippen MR) is 74.5 cm³/mol. The van der Waals surface area contributed by atoms with Crippen LogP contribution in [-0.4, -0.2) is 38.4 Å². The zero-order chi connectivity index (χ0) is 17.2. The molecule has 1 aliphatic carbocycles. The van der Waals surface area contributed by atoms with E-state index in [1.54, 1.807) is 13.8 Å². The molecule has 0 aliphatic heterocycles. The van der Waals surface area contributed by atoms with Crippen molar-refractivity contribution >= 4 is 15.8 Å². The maximum absolute atomic E-state index is 12.3. The highest BCUT2D eigenvalue weighted by Gasteiger charge is 2.54. The lowest BCUT2D eigenvalue weighted by atomic mass is 9.58. The fourth-order valence-corrected chi connectivity index (χ4v) is 2.97. The summed E-state index contributed by atoms with van der Waals surface area (Å²) in [4.78, 5) is 11.9. The van der Waals surface area contributed by atoms with E-state index < -0.39 is 38.6 Å². The molecule has 1 aliphatic rings. The minimum absolute atomic E-state index is 0.269. The number of halogens is 3. The number of hydrogen-bond acceptors (Lipinski definition) is 5. The summed E-state index contributed by atoms with van der Waals surface area (Å²) < 4.78 is 64.0. The van der Waals surface area contributed by atoms with Crippen LogP contribution in [0.1, 0.15) is 40.0 Å². The average Bonchev–Trinajstić information content (AvgIpc) is 2.36. The van der Waals surface area contributed by atoms with Gasteiger partial charge in [-0.05, 0) is 18.3 Å². The molecule has 2 atom stereocenters. The van der Waals surface area contributed by atoms with Crippen LogP contribution in [0.5, 0.6) is 0 Å². The Morgan fingerprint density at radius 2 is 1.95 bits per heavy atom. The normalized spacial score (nSPS) is 24.6. The Balaban J connectivity index is 2.53. The number of rotatable bonds is 7. The summed E-state index contributed by atoms with van der Waals surface area (Å²) in [6.45, 7) is 5.70. The van der Waals surface area contributed by atoms with Gasteiger partial charge in [-0.3, -0.25) is 4.79 Å². The van der Waals surface area contributed by atoms with Gasteiger partial charge < -0.3 is 10.1 Å². The van der Waals surface area contributed by atoms with Crippen molar-refractivity contribution in [2.24, 2.45) is 11.3 Å². The number of sulfone groups is 1. The fraction of sp³-hybridized carbons (Fsp3) is 0.923. The van der Waals surface area contributed by atoms with Crippen molar-refractivity contribution in [2.45, 2.75) is 51.6 Å². The Kier molecular flexibility index (Phi) is 5.88. The number of carbonyl (C=O) groups excluding carboxylic acids is 1. The molecule has 9 heteroatoms. The van der Waals surface area contributed by atoms with E-state index in [2.05, 4.69) is 5.32 Å². The lowest BCUT2D eigenvalue weighted by Gasteiger charge is -2.50. The Morgan fingerprint density at radius 1 is 1.36 bits per heavy atom. The number of hydrogen-bond donors (Lipinski definition) is 1. The third kappa shape index (κ3) is 4.13. The summed E-state index contributed by atoms with van der Waals surface area (Å²) in [6.07, 6.45) is 1.91. The largest absolute Gasteiger partial charge is 0.498 e. The first-order valence-corrected chi connectivity index (χ1v) is 8.77. The molecule has 1 saturated carbocycles. The maximum Gasteiger partial charge on any atom is 0.498 e. The second-order valence-corrected chi connectivity index (χ2v) is 8.07. The van der Waals surface area contributed by atoms with Crippen molar-refractivity contribution < 1.29 is 31.1 Å². The number of ether oxygens (including phenoxy) is 1. The van der Waals surface area contributed by atoms with Gasteiger partial charge in [0.15, 0.2) is 0 Å². The standard InChI is InChI=1S/C13H22F3NO4S/c1-4-5-6-21-11(18)9-7-10(12(9,2)3)17-8-22(19,20)13(14,15)16/h9-10,17H,4-8H2,1-3H3/t9-,10-/m1/s1. The first-order valence-electron chi connectivity index (χ1n) is 7.12. The van der Waals surface area contributed by atoms with Crippen LogP contribution in [0.15, 0.2) is 0 Å². The van der Waals surface area contributed by atoms with Crippen molar-refractivity contribution in [3.63, 3.8) is 0 Å². The summed E-state index contributed by atoms with van der Waals surface area (Å²) in [5, 5.41) is 2.39. The second-order valence-electron chi connectivity index (χ2n) is 6.09. The van der Waals surface area contributed by atoms with Gasteiger partial charge in [0.25, 0.3) is 9.84 Å². The Hall–Kier alpha value is -0.830. The van der Waals surface area contributed by atoms with Crippen molar-refractivity contribution in [1.82, 2.24) is 5.32 Å². The van der Waals surface area contributed by atoms with Crippen LogP contribution >= 0.6 is 0 Å². The Labute approximate surface area is 128 Å². The highest BCUT2D eigenvalue weighted by molar-refractivity contribution is 7.92. The van der Waals surface area contributed by atoms with Crippen LogP contribution in [-0.2, 0) is 19.4 Å². The Bertz CT molecular complexity index is 502. The van der Waals surface area contributed by atoms with Crippen molar-refractivity contribution in [2.75, 3.05) is 12.5 Å². The molecule has 0 saturated heterocycles. The van der Waals surface area contributed by atoms with E-state index in [-0.39, 0.29) is 12.4 Å². The highest BCUT2D eigenvalue weighted by Crippen LogP contribution is 2.47. The summed E-state index contributed by atoms with van der Waals surface area (Å²) in [5.41, 5.74) is -5.92. The first-order chi connectivity index (χ1) is 9.93. The number of carbonyl (C=O) groups is 1. The third-order valence-corrected chi connectivity index (χ3v) is 5.42. The molecular formula is C13H22F3NO4S. The molecule has 1 fully saturated rings. The SMILES string of the molecule is CCCCOC(=O)[C@H]1C[C@@H](NCS(=O)(=O)C(F)(F)F)C1(C)C. The monoisotopic (exact) mass is 345 g/mol. The van der Waals surface area contributed by atoms with Crippen LogP contribution in [0, 0.1) is 11.3 Å². The van der Waals surface area contributed by atoms with Gasteiger partial charge in [-0.2, -0.15) is 13.2 Å². The lowest BCUT2D eigenvalue weighted by molar-refractivity contribution is -0.162. The van der Waals surface area contributed by atoms with E-state index in [0.29, 0.717) is 6.61 Å². The van der Waals surface area contributed by atoms with E-state index in [4.69, 9.17) is 4.74 Å². The second kappa shape index (κ2) is 6.74. The number of alkyl halides is 3. The van der Waals surface area contributed by atoms with Crippen molar-refractivity contribution in [3.8, 4) is 0 Å². The van der Waals surface area contributed by atoms with Crippen LogP contribution in [0.4, 0.5) is 13.2 Å². The van der Waals surface area contributed by atoms with Gasteiger partial charge in [0.1, 0.15) is 5.88 Å². The van der Waals surface area contributed by atoms with E-state index in [1.807, 2.05) is 6.92 Å². The van der Waals surface area contributed by atoms with E-state index >= 15 is 0 Å². The molecule has 0 unspecified atom stereocenters. The van der Waals surface area contributed by atoms with E-state index in [1.165, 1.54) is 0 Å². The van der Waals surface area contributed by atoms with E-state index in [0.717, 1.165) is 12.8 Å². The summed E-state index contributed by atoms with van der Waals surface area (Å²) in [6, 6.07) is -0.478. The molecule has 0 spiro atoms. The number of nitrogens with one attached hydrogen (secondary N) is 1. The molecule has 5 nitrogen and oxygen atoms in total. The van der Waals surface area contributed by atoms with E-state index in [9.17, 15) is 26.4 Å². The van der Waals surface area contributed by atoms with Crippen LogP contribution in [0.2, 0.25) is 0 Å². The van der Waals surface area contributed by atoms with Crippen LogP contribution in [0.25, 0.3) is 0 Å². The summed E-state index contributed by atoms with van der Waals surface area (Å²) in [7, 11) is -5.20. The summed E-state index contributed by atoms with van der Waals surface area (Å²) in [5.74, 6) is -1.99. The smallest absolute Gasteiger partial charge is 0.465 e. The molecular weight excluding hydrogens is 323 g/mol. The van der Waals surface area contributed by atoms with Gasteiger partial charge in [-0.1, -0.05) is 27.2 Å². The Morgan fingerprint density at radius 3 is 2.41 bits per heavy atom. The van der Waals surface area contributed by atoms with Gasteiger partial charge in [-0.15, -0.1) is 0 Å². The molecule has 0 bridgehead atoms. The van der Waals surface area contributed by atoms with Gasteiger partial charge in [0, 0.05) is 6.04 Å². The molecule has 0 aromatic rings. The van der Waals surface area contributed by atoms with Crippen molar-refractivity contribution in [1.29, 1.82) is 0 Å². The molecule has 0 aromatic heterocycles. The van der Waals surface area contributed by atoms with Gasteiger partial charge >= 0.3 is 11.5 Å². The molecule has 0 radical (unpaired) electrons. The average molecular weight is 345 g/mol. The van der Waals surface area contributed by atoms with Crippen LogP contribution < -0.4 is 5.32 Å². The lowest BCUT2D eigenvalue weighted by Crippen LogP contribution is -2.60. The zero-order valence-corrected chi connectivity index (χ0v) is 13.7. The number of unbranched alkanes of at least 4 members (excludes halogenated alkanes) is 1. The quantitative estimate of drug-likeness (QED) is 0.566. The molecule has 22 heavy (non-hydrogen) atoms. The molecule has 0 heterocycles. The molecule has 130 valence electrons. The predicted octanol–water partition coefficient (Wildman–Crippen LogP) is 2.23. The molecule has 1 N–H and O–H groups in total. The third-order valence-electron chi connectivity index (χ3n) is 4.17. The minimum Gasteiger partial charge on any atom is -0.465 e. The topological polar surface area (TPSA) is 72.5 Å².